The molecule has 4 heteroatoms. The van der Waals surface area contributed by atoms with Gasteiger partial charge in [-0.05, 0) is 30.3 Å². The highest BCUT2D eigenvalue weighted by Gasteiger charge is 2.06. The number of nitrogens with zero attached hydrogens (tertiary/aromatic N) is 1. The van der Waals surface area contributed by atoms with Gasteiger partial charge in [0.05, 0.1) is 22.9 Å². The fraction of sp³-hybridized carbons (Fsp3) is 0. The first-order valence-corrected chi connectivity index (χ1v) is 6.01. The Morgan fingerprint density at radius 3 is 2.85 bits per heavy atom. The minimum Gasteiger partial charge on any atom is -0.478 e. The third-order valence-electron chi connectivity index (χ3n) is 2.92. The largest absolute Gasteiger partial charge is 0.478 e. The zero-order chi connectivity index (χ0) is 13.9. The molecule has 0 saturated carbocycles. The number of aromatic carboxylic acids is 1. The van der Waals surface area contributed by atoms with Crippen molar-refractivity contribution in [3.05, 3.63) is 65.5 Å². The molecule has 0 spiro atoms. The molecule has 1 heterocycles. The standard InChI is InChI=1S/C16H10N2O2/c19-16(20)13-4-2-1-3-12(13)7-5-11-6-8-14-15(9-11)18-10-17-14/h1-4,6,8-10H,(H,17,18)(H,19,20). The molecule has 3 rings (SSSR count). The molecule has 2 N–H and O–H groups in total. The van der Waals surface area contributed by atoms with Gasteiger partial charge in [-0.3, -0.25) is 0 Å². The van der Waals surface area contributed by atoms with Crippen LogP contribution in [0.4, 0.5) is 0 Å². The van der Waals surface area contributed by atoms with Crippen LogP contribution in [-0.4, -0.2) is 21.0 Å². The summed E-state index contributed by atoms with van der Waals surface area (Å²) in [6.07, 6.45) is 1.63. The van der Waals surface area contributed by atoms with Gasteiger partial charge < -0.3 is 10.1 Å². The van der Waals surface area contributed by atoms with Crippen molar-refractivity contribution < 1.29 is 9.90 Å². The van der Waals surface area contributed by atoms with Gasteiger partial charge in [-0.25, -0.2) is 9.78 Å². The van der Waals surface area contributed by atoms with Gasteiger partial charge in [-0.1, -0.05) is 24.0 Å². The number of fused-ring (bicyclic) bond motifs is 1. The van der Waals surface area contributed by atoms with E-state index in [0.717, 1.165) is 16.6 Å². The smallest absolute Gasteiger partial charge is 0.336 e. The minimum absolute atomic E-state index is 0.211. The van der Waals surface area contributed by atoms with Gasteiger partial charge in [-0.15, -0.1) is 0 Å². The zero-order valence-corrected chi connectivity index (χ0v) is 10.4. The van der Waals surface area contributed by atoms with E-state index in [1.807, 2.05) is 18.2 Å². The van der Waals surface area contributed by atoms with E-state index in [-0.39, 0.29) is 5.56 Å². The molecule has 0 aliphatic heterocycles. The molecule has 3 aromatic rings. The lowest BCUT2D eigenvalue weighted by atomic mass is 10.1. The second-order valence-corrected chi connectivity index (χ2v) is 4.24. The average molecular weight is 262 g/mol. The number of hydrogen-bond donors (Lipinski definition) is 2. The lowest BCUT2D eigenvalue weighted by molar-refractivity contribution is 0.0696. The van der Waals surface area contributed by atoms with Gasteiger partial charge in [0.25, 0.3) is 0 Å². The summed E-state index contributed by atoms with van der Waals surface area (Å²) in [6, 6.07) is 12.3. The van der Waals surface area contributed by atoms with Crippen LogP contribution >= 0.6 is 0 Å². The minimum atomic E-state index is -0.973. The van der Waals surface area contributed by atoms with Gasteiger partial charge in [0, 0.05) is 11.1 Å². The number of hydrogen-bond acceptors (Lipinski definition) is 2. The molecule has 0 amide bonds. The first kappa shape index (κ1) is 12.0. The Morgan fingerprint density at radius 1 is 1.15 bits per heavy atom. The number of aromatic nitrogens is 2. The fourth-order valence-electron chi connectivity index (χ4n) is 1.93. The summed E-state index contributed by atoms with van der Waals surface area (Å²) in [6.45, 7) is 0. The maximum atomic E-state index is 11.1. The van der Waals surface area contributed by atoms with Crippen molar-refractivity contribution in [3.63, 3.8) is 0 Å². The van der Waals surface area contributed by atoms with E-state index in [2.05, 4.69) is 21.8 Å². The Kier molecular flexibility index (Phi) is 2.94. The monoisotopic (exact) mass is 262 g/mol. The average Bonchev–Trinajstić information content (AvgIpc) is 2.92. The van der Waals surface area contributed by atoms with Crippen LogP contribution in [0.25, 0.3) is 11.0 Å². The van der Waals surface area contributed by atoms with Crippen LogP contribution in [-0.2, 0) is 0 Å². The van der Waals surface area contributed by atoms with Gasteiger partial charge in [-0.2, -0.15) is 0 Å². The van der Waals surface area contributed by atoms with Crippen LogP contribution in [0.15, 0.2) is 48.8 Å². The summed E-state index contributed by atoms with van der Waals surface area (Å²) >= 11 is 0. The lowest BCUT2D eigenvalue weighted by Gasteiger charge is -1.97. The predicted molar refractivity (Wildman–Crippen MR) is 75.5 cm³/mol. The van der Waals surface area contributed by atoms with Gasteiger partial charge in [0.1, 0.15) is 0 Å². The van der Waals surface area contributed by atoms with Crippen molar-refractivity contribution in [2.24, 2.45) is 0 Å². The lowest BCUT2D eigenvalue weighted by Crippen LogP contribution is -1.99. The van der Waals surface area contributed by atoms with Crippen LogP contribution in [0, 0.1) is 11.8 Å². The normalized spacial score (nSPS) is 10.0. The number of carbonyl (C=O) groups is 1. The first-order chi connectivity index (χ1) is 9.74. The third-order valence-corrected chi connectivity index (χ3v) is 2.92. The molecular weight excluding hydrogens is 252 g/mol. The second kappa shape index (κ2) is 4.90. The molecule has 0 unspecified atom stereocenters. The van der Waals surface area contributed by atoms with Gasteiger partial charge in [0.2, 0.25) is 0 Å². The van der Waals surface area contributed by atoms with E-state index in [4.69, 9.17) is 5.11 Å². The number of imidazole rings is 1. The van der Waals surface area contributed by atoms with Crippen LogP contribution < -0.4 is 0 Å². The van der Waals surface area contributed by atoms with Crippen molar-refractivity contribution in [2.45, 2.75) is 0 Å². The van der Waals surface area contributed by atoms with Crippen molar-refractivity contribution in [1.29, 1.82) is 0 Å². The number of carboxylic acid groups (broad SMARTS) is 1. The van der Waals surface area contributed by atoms with E-state index in [1.54, 1.807) is 30.6 Å². The Bertz CT molecular complexity index is 853. The number of nitrogens with one attached hydrogen (secondary N) is 1. The fourth-order valence-corrected chi connectivity index (χ4v) is 1.93. The highest BCUT2D eigenvalue weighted by molar-refractivity contribution is 5.90. The summed E-state index contributed by atoms with van der Waals surface area (Å²) in [5, 5.41) is 9.10. The highest BCUT2D eigenvalue weighted by Crippen LogP contribution is 2.11. The Balaban J connectivity index is 2.01. The summed E-state index contributed by atoms with van der Waals surface area (Å²) in [5.41, 5.74) is 3.30. The van der Waals surface area contributed by atoms with Crippen molar-refractivity contribution in [1.82, 2.24) is 9.97 Å². The van der Waals surface area contributed by atoms with Crippen molar-refractivity contribution in [3.8, 4) is 11.8 Å². The molecule has 0 fully saturated rings. The van der Waals surface area contributed by atoms with E-state index in [1.165, 1.54) is 0 Å². The highest BCUT2D eigenvalue weighted by atomic mass is 16.4. The molecular formula is C16H10N2O2. The SMILES string of the molecule is O=C(O)c1ccccc1C#Cc1ccc2nc[nH]c2c1. The maximum absolute atomic E-state index is 11.1. The Hall–Kier alpha value is -3.06. The van der Waals surface area contributed by atoms with Gasteiger partial charge >= 0.3 is 5.97 Å². The van der Waals surface area contributed by atoms with Crippen LogP contribution in [0.1, 0.15) is 21.5 Å². The van der Waals surface area contributed by atoms with E-state index in [9.17, 15) is 4.79 Å². The maximum Gasteiger partial charge on any atom is 0.336 e. The van der Waals surface area contributed by atoms with Crippen LogP contribution in [0.5, 0.6) is 0 Å². The number of rotatable bonds is 1. The molecule has 0 bridgehead atoms. The number of H-pyrrole nitrogens is 1. The van der Waals surface area contributed by atoms with Crippen molar-refractivity contribution in [2.75, 3.05) is 0 Å². The van der Waals surface area contributed by atoms with E-state index < -0.39 is 5.97 Å². The molecule has 0 aliphatic rings. The second-order valence-electron chi connectivity index (χ2n) is 4.24. The van der Waals surface area contributed by atoms with Gasteiger partial charge in [0.15, 0.2) is 0 Å². The number of benzene rings is 2. The molecule has 2 aromatic carbocycles. The number of carboxylic acids is 1. The van der Waals surface area contributed by atoms with Crippen LogP contribution in [0.2, 0.25) is 0 Å². The molecule has 1 aromatic heterocycles. The summed E-state index contributed by atoms with van der Waals surface area (Å²) < 4.78 is 0. The molecule has 0 atom stereocenters. The quantitative estimate of drug-likeness (QED) is 0.662. The van der Waals surface area contributed by atoms with E-state index in [0.29, 0.717) is 5.56 Å². The Labute approximate surface area is 115 Å². The Morgan fingerprint density at radius 2 is 2.00 bits per heavy atom. The first-order valence-electron chi connectivity index (χ1n) is 6.01. The molecule has 0 radical (unpaired) electrons. The summed E-state index contributed by atoms with van der Waals surface area (Å²) in [4.78, 5) is 18.2. The predicted octanol–water partition coefficient (Wildman–Crippen LogP) is 2.66. The molecule has 0 aliphatic carbocycles. The molecule has 0 saturated heterocycles. The zero-order valence-electron chi connectivity index (χ0n) is 10.4. The summed E-state index contributed by atoms with van der Waals surface area (Å²) in [7, 11) is 0. The van der Waals surface area contributed by atoms with Crippen LogP contribution in [0.3, 0.4) is 0 Å². The molecule has 20 heavy (non-hydrogen) atoms. The topological polar surface area (TPSA) is 66.0 Å². The number of aromatic amines is 1. The third kappa shape index (κ3) is 2.25. The molecule has 4 nitrogen and oxygen atoms in total. The van der Waals surface area contributed by atoms with Crippen molar-refractivity contribution >= 4 is 17.0 Å². The molecule has 96 valence electrons. The van der Waals surface area contributed by atoms with E-state index >= 15 is 0 Å². The summed E-state index contributed by atoms with van der Waals surface area (Å²) in [5.74, 6) is 4.91.